The van der Waals surface area contributed by atoms with E-state index < -0.39 is 0 Å². The van der Waals surface area contributed by atoms with Gasteiger partial charge in [0.1, 0.15) is 0 Å². The lowest BCUT2D eigenvalue weighted by Crippen LogP contribution is -2.87. The SMILES string of the molecule is O=C(C[NH2+][C@@H](c1ccccc1)c1ccco1)N[C@@H](c1ccccc1)c1cccs1. The fraction of sp³-hybridized carbons (Fsp3) is 0.125. The van der Waals surface area contributed by atoms with Crippen molar-refractivity contribution >= 4 is 17.2 Å². The van der Waals surface area contributed by atoms with Crippen LogP contribution >= 0.6 is 11.3 Å². The summed E-state index contributed by atoms with van der Waals surface area (Å²) in [6.45, 7) is 0.301. The molecule has 0 aliphatic heterocycles. The third-order valence-electron chi connectivity index (χ3n) is 4.81. The van der Waals surface area contributed by atoms with Crippen molar-refractivity contribution in [3.63, 3.8) is 0 Å². The lowest BCUT2D eigenvalue weighted by atomic mass is 10.0. The fourth-order valence-corrected chi connectivity index (χ4v) is 4.21. The Morgan fingerprint density at radius 1 is 0.897 bits per heavy atom. The molecule has 0 saturated heterocycles. The second-order valence-corrected chi connectivity index (χ2v) is 7.75. The van der Waals surface area contributed by atoms with E-state index in [-0.39, 0.29) is 18.0 Å². The van der Waals surface area contributed by atoms with E-state index in [4.69, 9.17) is 4.42 Å². The summed E-state index contributed by atoms with van der Waals surface area (Å²) in [5.41, 5.74) is 2.18. The first-order valence-corrected chi connectivity index (χ1v) is 10.5. The molecule has 29 heavy (non-hydrogen) atoms. The van der Waals surface area contributed by atoms with Crippen molar-refractivity contribution in [3.8, 4) is 0 Å². The standard InChI is InChI=1S/C24H22N2O2S/c27-22(26-24(21-14-8-16-29-21)19-11-5-2-6-12-19)17-25-23(20-13-7-15-28-20)18-9-3-1-4-10-18/h1-16,23-25H,17H2,(H,26,27)/p+1/t23-,24-/m0/s1. The molecule has 4 nitrogen and oxygen atoms in total. The molecule has 5 heteroatoms. The third-order valence-corrected chi connectivity index (χ3v) is 5.75. The van der Waals surface area contributed by atoms with E-state index in [0.717, 1.165) is 21.8 Å². The van der Waals surface area contributed by atoms with Gasteiger partial charge in [0.15, 0.2) is 18.3 Å². The Morgan fingerprint density at radius 2 is 1.62 bits per heavy atom. The number of carbonyl (C=O) groups excluding carboxylic acids is 1. The zero-order valence-corrected chi connectivity index (χ0v) is 16.7. The van der Waals surface area contributed by atoms with Crippen LogP contribution in [-0.2, 0) is 4.79 Å². The molecule has 4 aromatic rings. The Balaban J connectivity index is 1.47. The molecule has 0 radical (unpaired) electrons. The summed E-state index contributed by atoms with van der Waals surface area (Å²) < 4.78 is 5.63. The number of hydrogen-bond donors (Lipinski definition) is 2. The van der Waals surface area contributed by atoms with E-state index in [1.165, 1.54) is 0 Å². The van der Waals surface area contributed by atoms with Crippen molar-refractivity contribution in [1.82, 2.24) is 5.32 Å². The summed E-state index contributed by atoms with van der Waals surface area (Å²) >= 11 is 1.65. The number of benzene rings is 2. The lowest BCUT2D eigenvalue weighted by molar-refractivity contribution is -0.678. The molecule has 0 aliphatic rings. The monoisotopic (exact) mass is 403 g/mol. The van der Waals surface area contributed by atoms with Crippen LogP contribution < -0.4 is 10.6 Å². The highest BCUT2D eigenvalue weighted by molar-refractivity contribution is 7.10. The first-order valence-electron chi connectivity index (χ1n) is 9.60. The number of rotatable bonds is 8. The maximum Gasteiger partial charge on any atom is 0.275 e. The second-order valence-electron chi connectivity index (χ2n) is 6.77. The maximum absolute atomic E-state index is 12.9. The van der Waals surface area contributed by atoms with Crippen molar-refractivity contribution in [2.75, 3.05) is 6.54 Å². The molecule has 0 aliphatic carbocycles. The Hall–Kier alpha value is -3.15. The minimum absolute atomic E-state index is 0.0141. The van der Waals surface area contributed by atoms with Crippen LogP contribution in [0, 0.1) is 0 Å². The number of nitrogens with two attached hydrogens (primary N) is 1. The van der Waals surface area contributed by atoms with Crippen molar-refractivity contribution in [1.29, 1.82) is 0 Å². The molecule has 2 aromatic heterocycles. The van der Waals surface area contributed by atoms with Gasteiger partial charge < -0.3 is 15.1 Å². The van der Waals surface area contributed by atoms with Gasteiger partial charge in [0.25, 0.3) is 5.91 Å². The molecule has 4 rings (SSSR count). The third kappa shape index (κ3) is 4.83. The van der Waals surface area contributed by atoms with Gasteiger partial charge in [-0.25, -0.2) is 0 Å². The summed E-state index contributed by atoms with van der Waals surface area (Å²) in [7, 11) is 0. The largest absolute Gasteiger partial charge is 0.463 e. The highest BCUT2D eigenvalue weighted by Crippen LogP contribution is 2.25. The normalized spacial score (nSPS) is 13.0. The van der Waals surface area contributed by atoms with Gasteiger partial charge in [0.05, 0.1) is 12.3 Å². The average Bonchev–Trinajstić information content (AvgIpc) is 3.48. The minimum atomic E-state index is -0.143. The average molecular weight is 404 g/mol. The van der Waals surface area contributed by atoms with Crippen LogP contribution in [-0.4, -0.2) is 12.5 Å². The molecular formula is C24H23N2O2S+. The summed E-state index contributed by atoms with van der Waals surface area (Å²) in [6.07, 6.45) is 1.67. The first-order chi connectivity index (χ1) is 14.3. The second kappa shape index (κ2) is 9.37. The summed E-state index contributed by atoms with van der Waals surface area (Å²) in [5, 5.41) is 7.24. The molecule has 0 fully saturated rings. The molecule has 2 heterocycles. The van der Waals surface area contributed by atoms with Crippen LogP contribution in [0.4, 0.5) is 0 Å². The predicted molar refractivity (Wildman–Crippen MR) is 115 cm³/mol. The molecule has 2 aromatic carbocycles. The van der Waals surface area contributed by atoms with E-state index in [0.29, 0.717) is 6.54 Å². The highest BCUT2D eigenvalue weighted by Gasteiger charge is 2.23. The molecule has 0 spiro atoms. The van der Waals surface area contributed by atoms with Crippen molar-refractivity contribution < 1.29 is 14.5 Å². The molecule has 0 saturated carbocycles. The minimum Gasteiger partial charge on any atom is -0.463 e. The van der Waals surface area contributed by atoms with Gasteiger partial charge in [-0.2, -0.15) is 0 Å². The van der Waals surface area contributed by atoms with Crippen molar-refractivity contribution in [2.24, 2.45) is 0 Å². The highest BCUT2D eigenvalue weighted by atomic mass is 32.1. The van der Waals surface area contributed by atoms with Crippen LogP contribution in [0.5, 0.6) is 0 Å². The summed E-state index contributed by atoms with van der Waals surface area (Å²) in [6, 6.07) is 27.9. The van der Waals surface area contributed by atoms with Gasteiger partial charge in [-0.15, -0.1) is 11.3 Å². The van der Waals surface area contributed by atoms with Gasteiger partial charge in [-0.05, 0) is 29.1 Å². The molecule has 2 atom stereocenters. The van der Waals surface area contributed by atoms with E-state index in [1.807, 2.05) is 77.4 Å². The smallest absolute Gasteiger partial charge is 0.275 e. The zero-order chi connectivity index (χ0) is 19.9. The molecule has 3 N–H and O–H groups in total. The van der Waals surface area contributed by atoms with E-state index in [2.05, 4.69) is 23.5 Å². The lowest BCUT2D eigenvalue weighted by Gasteiger charge is -2.19. The molecule has 0 bridgehead atoms. The number of furan rings is 1. The Kier molecular flexibility index (Phi) is 6.19. The zero-order valence-electron chi connectivity index (χ0n) is 15.9. The topological polar surface area (TPSA) is 58.9 Å². The van der Waals surface area contributed by atoms with Crippen molar-refractivity contribution in [3.05, 3.63) is 118 Å². The Labute approximate surface area is 174 Å². The summed E-state index contributed by atoms with van der Waals surface area (Å²) in [4.78, 5) is 14.0. The summed E-state index contributed by atoms with van der Waals surface area (Å²) in [5.74, 6) is 0.821. The van der Waals surface area contributed by atoms with Gasteiger partial charge in [0, 0.05) is 10.4 Å². The number of thiophene rings is 1. The number of hydrogen-bond acceptors (Lipinski definition) is 3. The van der Waals surface area contributed by atoms with E-state index >= 15 is 0 Å². The van der Waals surface area contributed by atoms with E-state index in [9.17, 15) is 4.79 Å². The predicted octanol–water partition coefficient (Wildman–Crippen LogP) is 3.90. The number of nitrogens with one attached hydrogen (secondary N) is 1. The van der Waals surface area contributed by atoms with Crippen LogP contribution in [0.25, 0.3) is 0 Å². The Morgan fingerprint density at radius 3 is 2.24 bits per heavy atom. The van der Waals surface area contributed by atoms with Crippen LogP contribution in [0.3, 0.4) is 0 Å². The number of amides is 1. The quantitative estimate of drug-likeness (QED) is 0.469. The van der Waals surface area contributed by atoms with Crippen molar-refractivity contribution in [2.45, 2.75) is 12.1 Å². The van der Waals surface area contributed by atoms with Crippen LogP contribution in [0.15, 0.2) is 101 Å². The molecule has 146 valence electrons. The number of carbonyl (C=O) groups is 1. The van der Waals surface area contributed by atoms with Gasteiger partial charge in [-0.1, -0.05) is 66.7 Å². The fourth-order valence-electron chi connectivity index (χ4n) is 3.41. The molecule has 1 amide bonds. The molecular weight excluding hydrogens is 380 g/mol. The van der Waals surface area contributed by atoms with Crippen LogP contribution in [0.1, 0.15) is 33.8 Å². The maximum atomic E-state index is 12.9. The van der Waals surface area contributed by atoms with E-state index in [1.54, 1.807) is 17.6 Å². The first kappa shape index (κ1) is 19.2. The number of quaternary nitrogens is 1. The van der Waals surface area contributed by atoms with Gasteiger partial charge >= 0.3 is 0 Å². The Bertz CT molecular complexity index is 1000. The van der Waals surface area contributed by atoms with Crippen LogP contribution in [0.2, 0.25) is 0 Å². The van der Waals surface area contributed by atoms with Gasteiger partial charge in [-0.3, -0.25) is 4.79 Å². The molecule has 0 unspecified atom stereocenters. The van der Waals surface area contributed by atoms with Gasteiger partial charge in [0.2, 0.25) is 0 Å².